The molecule has 4 N–H and O–H groups in total. The second-order valence-electron chi connectivity index (χ2n) is 12.2. The van der Waals surface area contributed by atoms with Crippen molar-refractivity contribution in [3.05, 3.63) is 69.8 Å². The van der Waals surface area contributed by atoms with Gasteiger partial charge in [0.2, 0.25) is 0 Å². The van der Waals surface area contributed by atoms with Crippen LogP contribution in [-0.4, -0.2) is 48.6 Å². The summed E-state index contributed by atoms with van der Waals surface area (Å²) in [6.07, 6.45) is 2.52. The van der Waals surface area contributed by atoms with Crippen LogP contribution in [0.15, 0.2) is 56.2 Å². The standard InChI is InChI=1S/C30H36N2O8S2/c1-17-9-25(31-15-19-11-21(41(35,36)37)13-23(27(19)33)29(3,4)5)26(10-18(17)2)32-16-20-12-22(42(38,39)40)14-24(28(20)34)30(6,7)8/h9-16,33-34H,1-8H3,(H,35,36,37)(H,38,39,40). The molecule has 0 spiro atoms. The molecule has 0 amide bonds. The van der Waals surface area contributed by atoms with Crippen molar-refractivity contribution >= 4 is 44.0 Å². The second-order valence-corrected chi connectivity index (χ2v) is 15.1. The quantitative estimate of drug-likeness (QED) is 0.184. The largest absolute Gasteiger partial charge is 0.507 e. The Hall–Kier alpha value is -3.58. The Bertz CT molecular complexity index is 1690. The monoisotopic (exact) mass is 616 g/mol. The predicted molar refractivity (Wildman–Crippen MR) is 164 cm³/mol. The molecule has 10 nitrogen and oxygen atoms in total. The zero-order chi connectivity index (χ0) is 32.0. The van der Waals surface area contributed by atoms with Crippen LogP contribution in [-0.2, 0) is 31.1 Å². The van der Waals surface area contributed by atoms with Gasteiger partial charge in [-0.15, -0.1) is 0 Å². The highest BCUT2D eigenvalue weighted by molar-refractivity contribution is 7.86. The lowest BCUT2D eigenvalue weighted by Gasteiger charge is -2.22. The first-order valence-electron chi connectivity index (χ1n) is 12.9. The van der Waals surface area contributed by atoms with E-state index >= 15 is 0 Å². The van der Waals surface area contributed by atoms with Gasteiger partial charge in [-0.3, -0.25) is 19.1 Å². The first-order chi connectivity index (χ1) is 19.0. The smallest absolute Gasteiger partial charge is 0.294 e. The molecule has 0 fully saturated rings. The summed E-state index contributed by atoms with van der Waals surface area (Å²) in [6, 6.07) is 8.10. The van der Waals surface area contributed by atoms with Crippen molar-refractivity contribution in [2.24, 2.45) is 9.98 Å². The van der Waals surface area contributed by atoms with Crippen LogP contribution >= 0.6 is 0 Å². The minimum absolute atomic E-state index is 0.0523. The number of hydrogen-bond donors (Lipinski definition) is 4. The molecular formula is C30H36N2O8S2. The lowest BCUT2D eigenvalue weighted by atomic mass is 9.85. The molecule has 0 heterocycles. The maximum Gasteiger partial charge on any atom is 0.294 e. The molecule has 0 aliphatic carbocycles. The van der Waals surface area contributed by atoms with Crippen molar-refractivity contribution in [3.8, 4) is 11.5 Å². The molecule has 226 valence electrons. The van der Waals surface area contributed by atoms with Crippen LogP contribution in [0.3, 0.4) is 0 Å². The Balaban J connectivity index is 2.21. The number of rotatable bonds is 6. The van der Waals surface area contributed by atoms with E-state index in [0.717, 1.165) is 23.3 Å². The molecule has 12 heteroatoms. The van der Waals surface area contributed by atoms with E-state index < -0.39 is 40.9 Å². The third-order valence-electron chi connectivity index (χ3n) is 6.71. The van der Waals surface area contributed by atoms with Crippen LogP contribution in [0.5, 0.6) is 11.5 Å². The molecule has 3 rings (SSSR count). The second kappa shape index (κ2) is 11.3. The number of aliphatic imine (C=N–C) groups is 2. The third-order valence-corrected chi connectivity index (χ3v) is 8.38. The predicted octanol–water partition coefficient (Wildman–Crippen LogP) is 6.30. The van der Waals surface area contributed by atoms with Crippen molar-refractivity contribution in [1.82, 2.24) is 0 Å². The SMILES string of the molecule is Cc1cc(N=Cc2cc(S(=O)(=O)O)cc(C(C)(C)C)c2O)c(N=Cc2cc(S(=O)(=O)O)cc(C(C)(C)C)c2O)cc1C. The first kappa shape index (κ1) is 32.9. The molecule has 3 aromatic rings. The van der Waals surface area contributed by atoms with Gasteiger partial charge in [0.1, 0.15) is 11.5 Å². The number of aromatic hydroxyl groups is 2. The molecule has 0 aromatic heterocycles. The van der Waals surface area contributed by atoms with Gasteiger partial charge < -0.3 is 10.2 Å². The summed E-state index contributed by atoms with van der Waals surface area (Å²) in [5, 5.41) is 21.9. The van der Waals surface area contributed by atoms with Crippen LogP contribution in [0.1, 0.15) is 74.9 Å². The topological polar surface area (TPSA) is 174 Å². The fourth-order valence-corrected chi connectivity index (χ4v) is 5.25. The van der Waals surface area contributed by atoms with E-state index in [1.807, 2.05) is 13.8 Å². The van der Waals surface area contributed by atoms with Gasteiger partial charge in [-0.05, 0) is 72.2 Å². The number of hydrogen-bond acceptors (Lipinski definition) is 8. The summed E-state index contributed by atoms with van der Waals surface area (Å²) in [6.45, 7) is 14.4. The molecule has 0 saturated carbocycles. The molecule has 0 aliphatic heterocycles. The van der Waals surface area contributed by atoms with Gasteiger partial charge in [0, 0.05) is 34.7 Å². The Morgan fingerprint density at radius 3 is 1.17 bits per heavy atom. The van der Waals surface area contributed by atoms with Crippen molar-refractivity contribution in [3.63, 3.8) is 0 Å². The van der Waals surface area contributed by atoms with E-state index in [1.165, 1.54) is 24.6 Å². The van der Waals surface area contributed by atoms with E-state index in [1.54, 1.807) is 53.7 Å². The molecule has 0 saturated heterocycles. The van der Waals surface area contributed by atoms with Gasteiger partial charge in [0.25, 0.3) is 20.2 Å². The highest BCUT2D eigenvalue weighted by Crippen LogP contribution is 2.38. The summed E-state index contributed by atoms with van der Waals surface area (Å²) in [5.74, 6) is -0.400. The number of aryl methyl sites for hydroxylation is 2. The summed E-state index contributed by atoms with van der Waals surface area (Å²) in [5.41, 5.74) is 1.74. The lowest BCUT2D eigenvalue weighted by molar-refractivity contribution is 0.442. The first-order valence-corrected chi connectivity index (χ1v) is 15.8. The van der Waals surface area contributed by atoms with Gasteiger partial charge in [-0.25, -0.2) is 0 Å². The van der Waals surface area contributed by atoms with Crippen molar-refractivity contribution in [2.75, 3.05) is 0 Å². The zero-order valence-corrected chi connectivity index (χ0v) is 26.4. The average Bonchev–Trinajstić information content (AvgIpc) is 2.82. The molecule has 0 radical (unpaired) electrons. The molecule has 3 aromatic carbocycles. The van der Waals surface area contributed by atoms with Crippen molar-refractivity contribution in [1.29, 1.82) is 0 Å². The normalized spacial score (nSPS) is 13.4. The van der Waals surface area contributed by atoms with Gasteiger partial charge >= 0.3 is 0 Å². The summed E-state index contributed by atoms with van der Waals surface area (Å²) in [7, 11) is -9.16. The number of phenols is 2. The molecule has 42 heavy (non-hydrogen) atoms. The van der Waals surface area contributed by atoms with Crippen molar-refractivity contribution in [2.45, 2.75) is 76.0 Å². The molecule has 0 unspecified atom stereocenters. The van der Waals surface area contributed by atoms with Crippen LogP contribution in [0.25, 0.3) is 0 Å². The maximum absolute atomic E-state index is 11.9. The Morgan fingerprint density at radius 1 is 0.595 bits per heavy atom. The van der Waals surface area contributed by atoms with Crippen LogP contribution < -0.4 is 0 Å². The number of nitrogens with zero attached hydrogens (tertiary/aromatic N) is 2. The van der Waals surface area contributed by atoms with Gasteiger partial charge in [-0.2, -0.15) is 16.8 Å². The van der Waals surface area contributed by atoms with E-state index in [2.05, 4.69) is 9.98 Å². The molecule has 0 atom stereocenters. The van der Waals surface area contributed by atoms with E-state index in [9.17, 15) is 36.2 Å². The molecule has 0 aliphatic rings. The van der Waals surface area contributed by atoms with Gasteiger partial charge in [-0.1, -0.05) is 41.5 Å². The fraction of sp³-hybridized carbons (Fsp3) is 0.333. The average molecular weight is 617 g/mol. The summed E-state index contributed by atoms with van der Waals surface area (Å²) >= 11 is 0. The van der Waals surface area contributed by atoms with Gasteiger partial charge in [0.15, 0.2) is 0 Å². The Morgan fingerprint density at radius 2 is 0.905 bits per heavy atom. The lowest BCUT2D eigenvalue weighted by Crippen LogP contribution is -2.14. The third kappa shape index (κ3) is 7.43. The maximum atomic E-state index is 11.9. The van der Waals surface area contributed by atoms with Crippen molar-refractivity contribution < 1.29 is 36.2 Å². The number of phenolic OH excluding ortho intramolecular Hbond substituents is 2. The fourth-order valence-electron chi connectivity index (χ4n) is 4.17. The summed E-state index contributed by atoms with van der Waals surface area (Å²) in [4.78, 5) is 8.13. The minimum atomic E-state index is -4.58. The van der Waals surface area contributed by atoms with Gasteiger partial charge in [0.05, 0.1) is 21.2 Å². The summed E-state index contributed by atoms with van der Waals surface area (Å²) < 4.78 is 67.1. The van der Waals surface area contributed by atoms with E-state index in [0.29, 0.717) is 22.5 Å². The Labute approximate surface area is 247 Å². The zero-order valence-electron chi connectivity index (χ0n) is 24.8. The van der Waals surface area contributed by atoms with Crippen LogP contribution in [0, 0.1) is 13.8 Å². The van der Waals surface area contributed by atoms with Crippen LogP contribution in [0.2, 0.25) is 0 Å². The van der Waals surface area contributed by atoms with Crippen LogP contribution in [0.4, 0.5) is 11.4 Å². The molecular weight excluding hydrogens is 580 g/mol. The number of benzene rings is 3. The highest BCUT2D eigenvalue weighted by Gasteiger charge is 2.25. The molecule has 0 bridgehead atoms. The minimum Gasteiger partial charge on any atom is -0.507 e. The van der Waals surface area contributed by atoms with E-state index in [-0.39, 0.29) is 22.6 Å². The highest BCUT2D eigenvalue weighted by atomic mass is 32.2. The van der Waals surface area contributed by atoms with E-state index in [4.69, 9.17) is 0 Å². The Kier molecular flexibility index (Phi) is 8.82.